The number of nitrogens with zero attached hydrogens (tertiary/aromatic N) is 4. The Morgan fingerprint density at radius 1 is 0.544 bits per heavy atom. The van der Waals surface area contributed by atoms with Crippen molar-refractivity contribution in [2.45, 2.75) is 131 Å². The number of ether oxygens (including phenoxy) is 1. The van der Waals surface area contributed by atoms with E-state index in [0.29, 0.717) is 11.5 Å². The molecule has 0 saturated carbocycles. The van der Waals surface area contributed by atoms with Crippen molar-refractivity contribution >= 4 is 50.6 Å². The van der Waals surface area contributed by atoms with Gasteiger partial charge in [-0.1, -0.05) is 186 Å². The van der Waals surface area contributed by atoms with Gasteiger partial charge in [0.2, 0.25) is 5.69 Å². The van der Waals surface area contributed by atoms with Crippen LogP contribution in [0.5, 0.6) is 11.5 Å². The van der Waals surface area contributed by atoms with E-state index in [9.17, 15) is 0 Å². The maximum Gasteiger partial charge on any atom is 2.00 e. The standard InChI is InChI=1S/C62H66N4O.Pt/c1-58(2,3)41-21-18-20-40(32-41)48-23-19-25-53-57(48)65(46-34-43(60(7,8)9)33-44(35-46)61(10,11)12)39-64(53)45-26-29-51(62(13,14)15)55(37-45)67-47-27-28-50-49-22-16-17-24-52(49)66(54(50)38-47)56-36-42(30-31-63-56)59(4,5)6;/h16-36H,1-15H3;/q;+2. The van der Waals surface area contributed by atoms with E-state index in [1.165, 1.54) is 27.8 Å². The smallest absolute Gasteiger partial charge is 0.509 e. The van der Waals surface area contributed by atoms with Gasteiger partial charge in [-0.3, -0.25) is 0 Å². The third-order valence-corrected chi connectivity index (χ3v) is 13.2. The Morgan fingerprint density at radius 3 is 1.85 bits per heavy atom. The van der Waals surface area contributed by atoms with Crippen molar-refractivity contribution in [2.75, 3.05) is 0 Å². The van der Waals surface area contributed by atoms with Gasteiger partial charge in [-0.15, -0.1) is 23.1 Å². The van der Waals surface area contributed by atoms with E-state index in [1.807, 2.05) is 12.3 Å². The predicted octanol–water partition coefficient (Wildman–Crippen LogP) is 16.6. The molecular formula is C62H66N4OPt+2. The minimum Gasteiger partial charge on any atom is -0.509 e. The average molecular weight is 1080 g/mol. The van der Waals surface area contributed by atoms with Crippen molar-refractivity contribution in [3.63, 3.8) is 0 Å². The number of pyridine rings is 1. The fraction of sp³-hybridized carbons (Fsp3) is 0.323. The summed E-state index contributed by atoms with van der Waals surface area (Å²) in [6.07, 6.45) is 1.91. The van der Waals surface area contributed by atoms with Gasteiger partial charge in [-0.05, 0) is 83.7 Å². The monoisotopic (exact) mass is 1080 g/mol. The molecule has 0 fully saturated rings. The van der Waals surface area contributed by atoms with Crippen molar-refractivity contribution in [2.24, 2.45) is 0 Å². The molecule has 5 nitrogen and oxygen atoms in total. The summed E-state index contributed by atoms with van der Waals surface area (Å²) < 4.78 is 13.7. The number of rotatable bonds is 6. The van der Waals surface area contributed by atoms with Crippen LogP contribution < -0.4 is 13.9 Å². The summed E-state index contributed by atoms with van der Waals surface area (Å²) in [5.74, 6) is 2.11. The second-order valence-corrected chi connectivity index (χ2v) is 23.6. The molecule has 0 spiro atoms. The maximum absolute atomic E-state index is 7.04. The predicted molar refractivity (Wildman–Crippen MR) is 282 cm³/mol. The SMILES string of the molecule is CC(C)(C)c1cccc(-c2cccc3c2[N+](c2cc(C(C)(C)C)cc(C(C)(C)C)c2)=C=[N+]3c2[c-]c(Oc3[c-]c4c(cc3)c3ccccc3n4-c3cc(C(C)(C)C)ccn3)c(C(C)(C)C)cc2)c1.[Pt+2]. The molecule has 68 heavy (non-hydrogen) atoms. The minimum absolute atomic E-state index is 0. The molecule has 2 aromatic heterocycles. The first-order valence-corrected chi connectivity index (χ1v) is 23.8. The summed E-state index contributed by atoms with van der Waals surface area (Å²) in [4.78, 5) is 4.91. The van der Waals surface area contributed by atoms with E-state index in [1.54, 1.807) is 0 Å². The Morgan fingerprint density at radius 2 is 1.19 bits per heavy atom. The van der Waals surface area contributed by atoms with Crippen LogP contribution in [0.3, 0.4) is 0 Å². The first kappa shape index (κ1) is 48.6. The van der Waals surface area contributed by atoms with Crippen LogP contribution in [-0.2, 0) is 48.1 Å². The third kappa shape index (κ3) is 9.21. The second-order valence-electron chi connectivity index (χ2n) is 23.6. The van der Waals surface area contributed by atoms with Gasteiger partial charge in [0.1, 0.15) is 11.5 Å². The van der Waals surface area contributed by atoms with E-state index in [2.05, 4.69) is 251 Å². The van der Waals surface area contributed by atoms with Gasteiger partial charge in [0.15, 0.2) is 0 Å². The third-order valence-electron chi connectivity index (χ3n) is 13.2. The Kier molecular flexibility index (Phi) is 12.3. The maximum atomic E-state index is 7.04. The zero-order chi connectivity index (χ0) is 48.0. The van der Waals surface area contributed by atoms with Crippen LogP contribution in [0, 0.1) is 12.1 Å². The Balaban J connectivity index is 0.00000625. The van der Waals surface area contributed by atoms with Gasteiger partial charge in [-0.2, -0.15) is 12.1 Å². The normalized spacial score (nSPS) is 13.3. The molecular weight excluding hydrogens is 1010 g/mol. The van der Waals surface area contributed by atoms with Crippen LogP contribution in [0.2, 0.25) is 0 Å². The van der Waals surface area contributed by atoms with Gasteiger partial charge in [0, 0.05) is 41.4 Å². The molecule has 348 valence electrons. The summed E-state index contributed by atoms with van der Waals surface area (Å²) in [7, 11) is 0. The molecule has 0 N–H and O–H groups in total. The molecule has 1 aliphatic heterocycles. The van der Waals surface area contributed by atoms with Crippen molar-refractivity contribution < 1.29 is 25.8 Å². The number of benzene rings is 6. The van der Waals surface area contributed by atoms with Crippen LogP contribution in [0.15, 0.2) is 128 Å². The zero-order valence-electron chi connectivity index (χ0n) is 42.6. The average Bonchev–Trinajstić information content (AvgIpc) is 3.81. The van der Waals surface area contributed by atoms with E-state index >= 15 is 0 Å². The van der Waals surface area contributed by atoms with Crippen molar-refractivity contribution in [3.8, 4) is 28.4 Å². The molecule has 1 aliphatic rings. The number of fused-ring (bicyclic) bond motifs is 4. The van der Waals surface area contributed by atoms with Crippen LogP contribution in [0.4, 0.5) is 22.7 Å². The van der Waals surface area contributed by atoms with Crippen molar-refractivity contribution in [1.29, 1.82) is 0 Å². The fourth-order valence-corrected chi connectivity index (χ4v) is 9.07. The number of para-hydroxylation sites is 2. The van der Waals surface area contributed by atoms with E-state index in [0.717, 1.165) is 61.5 Å². The molecule has 3 heterocycles. The van der Waals surface area contributed by atoms with Crippen molar-refractivity contribution in [3.05, 3.63) is 167 Å². The number of hydrogen-bond acceptors (Lipinski definition) is 2. The molecule has 0 radical (unpaired) electrons. The molecule has 0 atom stereocenters. The Bertz CT molecular complexity index is 3300. The summed E-state index contributed by atoms with van der Waals surface area (Å²) in [5.41, 5.74) is 14.0. The van der Waals surface area contributed by atoms with Crippen LogP contribution in [-0.4, -0.2) is 15.6 Å². The molecule has 0 saturated heterocycles. The number of aromatic nitrogens is 2. The van der Waals surface area contributed by atoms with Gasteiger partial charge in [0.25, 0.3) is 5.69 Å². The van der Waals surface area contributed by atoms with E-state index < -0.39 is 0 Å². The summed E-state index contributed by atoms with van der Waals surface area (Å²) in [6.45, 7) is 34.0. The largest absolute Gasteiger partial charge is 2.00 e. The van der Waals surface area contributed by atoms with Gasteiger partial charge in [-0.25, -0.2) is 4.98 Å². The molecule has 0 bridgehead atoms. The fourth-order valence-electron chi connectivity index (χ4n) is 9.07. The van der Waals surface area contributed by atoms with E-state index in [-0.39, 0.29) is 48.1 Å². The zero-order valence-corrected chi connectivity index (χ0v) is 44.9. The summed E-state index contributed by atoms with van der Waals surface area (Å²) >= 11 is 0. The Hall–Kier alpha value is -5.86. The molecule has 0 unspecified atom stereocenters. The van der Waals surface area contributed by atoms with E-state index in [4.69, 9.17) is 9.72 Å². The minimum atomic E-state index is -0.245. The molecule has 9 rings (SSSR count). The first-order chi connectivity index (χ1) is 31.4. The van der Waals surface area contributed by atoms with Crippen LogP contribution in [0.25, 0.3) is 38.8 Å². The Labute approximate surface area is 419 Å². The summed E-state index contributed by atoms with van der Waals surface area (Å²) in [5, 5.41) is 2.23. The second kappa shape index (κ2) is 17.3. The van der Waals surface area contributed by atoms with Crippen LogP contribution in [0.1, 0.15) is 132 Å². The topological polar surface area (TPSA) is 33.1 Å². The number of hydrogen-bond donors (Lipinski definition) is 0. The van der Waals surface area contributed by atoms with Crippen molar-refractivity contribution in [1.82, 2.24) is 18.7 Å². The molecule has 0 amide bonds. The first-order valence-electron chi connectivity index (χ1n) is 23.8. The molecule has 6 aromatic carbocycles. The van der Waals surface area contributed by atoms with Gasteiger partial charge < -0.3 is 9.30 Å². The quantitative estimate of drug-likeness (QED) is 0.123. The molecule has 6 heteroatoms. The summed E-state index contributed by atoms with van der Waals surface area (Å²) in [6, 6.07) is 55.5. The van der Waals surface area contributed by atoms with Gasteiger partial charge in [0.05, 0.1) is 5.56 Å². The molecule has 8 aromatic rings. The van der Waals surface area contributed by atoms with Gasteiger partial charge >= 0.3 is 32.8 Å². The van der Waals surface area contributed by atoms with Crippen LogP contribution >= 0.6 is 0 Å². The molecule has 0 aliphatic carbocycles.